The van der Waals surface area contributed by atoms with Gasteiger partial charge in [0.15, 0.2) is 4.90 Å². The van der Waals surface area contributed by atoms with E-state index in [9.17, 15) is 23.3 Å². The predicted octanol–water partition coefficient (Wildman–Crippen LogP) is 2.75. The van der Waals surface area contributed by atoms with Crippen molar-refractivity contribution in [2.75, 3.05) is 4.72 Å². The number of nitrogens with zero attached hydrogens (tertiary/aromatic N) is 1. The maximum atomic E-state index is 12.3. The standard InChI is InChI=1S/C13H9ClN2O6S/c14-8-5-6-10(9(7-8)13(17)18)15-23(21,22)12-4-2-1-3-11(12)16(19)20/h1-7,15H,(H,17,18). The van der Waals surface area contributed by atoms with Crippen molar-refractivity contribution in [2.45, 2.75) is 4.90 Å². The van der Waals surface area contributed by atoms with Crippen molar-refractivity contribution < 1.29 is 23.2 Å². The Bertz CT molecular complexity index is 897. The molecule has 0 aliphatic carbocycles. The van der Waals surface area contributed by atoms with E-state index in [4.69, 9.17) is 16.7 Å². The molecule has 0 radical (unpaired) electrons. The molecule has 0 aliphatic rings. The highest BCUT2D eigenvalue weighted by molar-refractivity contribution is 7.92. The van der Waals surface area contributed by atoms with Crippen LogP contribution in [0, 0.1) is 10.1 Å². The summed E-state index contributed by atoms with van der Waals surface area (Å²) in [5.74, 6) is -1.40. The van der Waals surface area contributed by atoms with Gasteiger partial charge < -0.3 is 5.11 Å². The lowest BCUT2D eigenvalue weighted by Gasteiger charge is -2.11. The summed E-state index contributed by atoms with van der Waals surface area (Å²) < 4.78 is 26.7. The molecule has 0 atom stereocenters. The number of nitrogens with one attached hydrogen (secondary N) is 1. The summed E-state index contributed by atoms with van der Waals surface area (Å²) in [6.45, 7) is 0. The number of hydrogen-bond acceptors (Lipinski definition) is 5. The van der Waals surface area contributed by atoms with Gasteiger partial charge in [-0.3, -0.25) is 14.8 Å². The van der Waals surface area contributed by atoms with Gasteiger partial charge in [-0.1, -0.05) is 23.7 Å². The lowest BCUT2D eigenvalue weighted by Crippen LogP contribution is -2.16. The number of hydrogen-bond donors (Lipinski definition) is 2. The molecule has 0 heterocycles. The Morgan fingerprint density at radius 3 is 2.48 bits per heavy atom. The normalized spacial score (nSPS) is 11.0. The van der Waals surface area contributed by atoms with Crippen molar-refractivity contribution in [1.82, 2.24) is 0 Å². The van der Waals surface area contributed by atoms with Crippen LogP contribution >= 0.6 is 11.6 Å². The second kappa shape index (κ2) is 6.23. The Labute approximate surface area is 135 Å². The van der Waals surface area contributed by atoms with Crippen LogP contribution in [-0.2, 0) is 10.0 Å². The smallest absolute Gasteiger partial charge is 0.337 e. The van der Waals surface area contributed by atoms with E-state index < -0.39 is 31.5 Å². The minimum Gasteiger partial charge on any atom is -0.478 e. The third-order valence-electron chi connectivity index (χ3n) is 2.81. The average Bonchev–Trinajstić information content (AvgIpc) is 2.48. The molecular formula is C13H9ClN2O6S. The summed E-state index contributed by atoms with van der Waals surface area (Å²) in [6, 6.07) is 8.26. The van der Waals surface area contributed by atoms with Gasteiger partial charge in [0, 0.05) is 11.1 Å². The molecular weight excluding hydrogens is 348 g/mol. The van der Waals surface area contributed by atoms with E-state index in [2.05, 4.69) is 0 Å². The van der Waals surface area contributed by atoms with E-state index in [1.165, 1.54) is 18.2 Å². The molecule has 0 saturated heterocycles. The number of halogens is 1. The van der Waals surface area contributed by atoms with Crippen LogP contribution in [0.4, 0.5) is 11.4 Å². The van der Waals surface area contributed by atoms with Crippen molar-refractivity contribution in [3.8, 4) is 0 Å². The summed E-state index contributed by atoms with van der Waals surface area (Å²) in [4.78, 5) is 20.7. The van der Waals surface area contributed by atoms with Crippen molar-refractivity contribution in [1.29, 1.82) is 0 Å². The topological polar surface area (TPSA) is 127 Å². The van der Waals surface area contributed by atoms with Gasteiger partial charge in [-0.25, -0.2) is 13.2 Å². The molecule has 0 fully saturated rings. The molecule has 0 saturated carbocycles. The summed E-state index contributed by atoms with van der Waals surface area (Å²) in [7, 11) is -4.36. The number of carboxylic acids is 1. The molecule has 2 aromatic rings. The number of benzene rings is 2. The van der Waals surface area contributed by atoms with Gasteiger partial charge in [0.05, 0.1) is 16.2 Å². The zero-order chi connectivity index (χ0) is 17.2. The van der Waals surface area contributed by atoms with Crippen LogP contribution in [-0.4, -0.2) is 24.4 Å². The predicted molar refractivity (Wildman–Crippen MR) is 82.3 cm³/mol. The molecule has 2 rings (SSSR count). The van der Waals surface area contributed by atoms with Crippen LogP contribution in [0.15, 0.2) is 47.4 Å². The number of para-hydroxylation sites is 1. The first-order valence-electron chi connectivity index (χ1n) is 6.01. The second-order valence-corrected chi connectivity index (χ2v) is 6.41. The molecule has 8 nitrogen and oxygen atoms in total. The van der Waals surface area contributed by atoms with Crippen molar-refractivity contribution >= 4 is 39.0 Å². The molecule has 0 aromatic heterocycles. The Morgan fingerprint density at radius 2 is 1.87 bits per heavy atom. The first kappa shape index (κ1) is 16.7. The number of nitro benzene ring substituents is 1. The van der Waals surface area contributed by atoms with Gasteiger partial charge in [0.2, 0.25) is 0 Å². The van der Waals surface area contributed by atoms with E-state index >= 15 is 0 Å². The zero-order valence-electron chi connectivity index (χ0n) is 11.3. The number of sulfonamides is 1. The van der Waals surface area contributed by atoms with Crippen LogP contribution in [0.1, 0.15) is 10.4 Å². The Hall–Kier alpha value is -2.65. The molecule has 0 bridgehead atoms. The molecule has 0 aliphatic heterocycles. The number of carboxylic acid groups (broad SMARTS) is 1. The van der Waals surface area contributed by atoms with Crippen LogP contribution in [0.2, 0.25) is 5.02 Å². The Morgan fingerprint density at radius 1 is 1.22 bits per heavy atom. The first-order valence-corrected chi connectivity index (χ1v) is 7.87. The number of anilines is 1. The maximum Gasteiger partial charge on any atom is 0.337 e. The van der Waals surface area contributed by atoms with E-state index in [0.29, 0.717) is 0 Å². The van der Waals surface area contributed by atoms with Crippen LogP contribution in [0.25, 0.3) is 0 Å². The minimum absolute atomic E-state index is 0.107. The van der Waals surface area contributed by atoms with Gasteiger partial charge >= 0.3 is 5.97 Å². The van der Waals surface area contributed by atoms with E-state index in [-0.39, 0.29) is 16.3 Å². The maximum absolute atomic E-state index is 12.3. The summed E-state index contributed by atoms with van der Waals surface area (Å²) in [6.07, 6.45) is 0. The van der Waals surface area contributed by atoms with Gasteiger partial charge in [-0.2, -0.15) is 0 Å². The lowest BCUT2D eigenvalue weighted by atomic mass is 10.2. The third kappa shape index (κ3) is 3.58. The average molecular weight is 357 g/mol. The van der Waals surface area contributed by atoms with Gasteiger partial charge in [0.1, 0.15) is 0 Å². The van der Waals surface area contributed by atoms with Gasteiger partial charge in [0.25, 0.3) is 15.7 Å². The molecule has 0 amide bonds. The molecule has 0 spiro atoms. The first-order chi connectivity index (χ1) is 10.7. The summed E-state index contributed by atoms with van der Waals surface area (Å²) in [5.41, 5.74) is -1.24. The highest BCUT2D eigenvalue weighted by Gasteiger charge is 2.26. The summed E-state index contributed by atoms with van der Waals surface area (Å²) in [5, 5.41) is 20.1. The summed E-state index contributed by atoms with van der Waals surface area (Å²) >= 11 is 5.69. The molecule has 2 aromatic carbocycles. The van der Waals surface area contributed by atoms with Crippen molar-refractivity contribution in [2.24, 2.45) is 0 Å². The monoisotopic (exact) mass is 356 g/mol. The number of carbonyl (C=O) groups is 1. The van der Waals surface area contributed by atoms with Crippen LogP contribution < -0.4 is 4.72 Å². The van der Waals surface area contributed by atoms with Crippen LogP contribution in [0.3, 0.4) is 0 Å². The zero-order valence-corrected chi connectivity index (χ0v) is 12.8. The number of nitro groups is 1. The Kier molecular flexibility index (Phi) is 4.52. The van der Waals surface area contributed by atoms with E-state index in [1.54, 1.807) is 0 Å². The van der Waals surface area contributed by atoms with Crippen molar-refractivity contribution in [3.05, 3.63) is 63.2 Å². The fourth-order valence-electron chi connectivity index (χ4n) is 1.82. The quantitative estimate of drug-likeness (QED) is 0.626. The number of aromatic carboxylic acids is 1. The van der Waals surface area contributed by atoms with Crippen LogP contribution in [0.5, 0.6) is 0 Å². The molecule has 120 valence electrons. The lowest BCUT2D eigenvalue weighted by molar-refractivity contribution is -0.387. The van der Waals surface area contributed by atoms with Gasteiger partial charge in [-0.15, -0.1) is 0 Å². The van der Waals surface area contributed by atoms with Gasteiger partial charge in [-0.05, 0) is 24.3 Å². The highest BCUT2D eigenvalue weighted by atomic mass is 35.5. The molecule has 10 heteroatoms. The SMILES string of the molecule is O=C(O)c1cc(Cl)ccc1NS(=O)(=O)c1ccccc1[N+](=O)[O-]. The minimum atomic E-state index is -4.36. The second-order valence-electron chi connectivity index (χ2n) is 4.33. The van der Waals surface area contributed by atoms with Crippen molar-refractivity contribution in [3.63, 3.8) is 0 Å². The third-order valence-corrected chi connectivity index (χ3v) is 4.46. The molecule has 23 heavy (non-hydrogen) atoms. The molecule has 2 N–H and O–H groups in total. The van der Waals surface area contributed by atoms with E-state index in [0.717, 1.165) is 24.3 Å². The molecule has 0 unspecified atom stereocenters. The Balaban J connectivity index is 2.52. The largest absolute Gasteiger partial charge is 0.478 e. The number of rotatable bonds is 5. The van der Waals surface area contributed by atoms with E-state index in [1.807, 2.05) is 4.72 Å². The fraction of sp³-hybridized carbons (Fsp3) is 0. The fourth-order valence-corrected chi connectivity index (χ4v) is 3.24. The highest BCUT2D eigenvalue weighted by Crippen LogP contribution is 2.27.